The van der Waals surface area contributed by atoms with E-state index < -0.39 is 5.82 Å². The van der Waals surface area contributed by atoms with Crippen LogP contribution in [0, 0.1) is 5.82 Å². The molecule has 2 aromatic carbocycles. The van der Waals surface area contributed by atoms with Gasteiger partial charge in [0.05, 0.1) is 23.0 Å². The number of carbonyl (C=O) groups is 1. The molecule has 0 bridgehead atoms. The molecule has 0 atom stereocenters. The smallest absolute Gasteiger partial charge is 0.234 e. The van der Waals surface area contributed by atoms with Crippen molar-refractivity contribution < 1.29 is 9.18 Å². The van der Waals surface area contributed by atoms with Gasteiger partial charge >= 0.3 is 0 Å². The SMILES string of the molecule is O=C(CSc1nnc(CN2CCCCC2)n1-c1ccccc1)Nc1ccc(F)cc1Cl. The summed E-state index contributed by atoms with van der Waals surface area (Å²) in [5, 5.41) is 12.3. The molecule has 0 unspecified atom stereocenters. The van der Waals surface area contributed by atoms with E-state index in [9.17, 15) is 9.18 Å². The number of amides is 1. The maximum absolute atomic E-state index is 13.2. The second kappa shape index (κ2) is 10.3. The van der Waals surface area contributed by atoms with Crippen LogP contribution in [-0.2, 0) is 11.3 Å². The van der Waals surface area contributed by atoms with E-state index >= 15 is 0 Å². The fourth-order valence-electron chi connectivity index (χ4n) is 3.56. The second-order valence-corrected chi connectivity index (χ2v) is 8.72. The zero-order chi connectivity index (χ0) is 21.6. The summed E-state index contributed by atoms with van der Waals surface area (Å²) >= 11 is 7.30. The number of aromatic nitrogens is 3. The number of para-hydroxylation sites is 1. The normalized spacial score (nSPS) is 14.5. The number of piperidine rings is 1. The van der Waals surface area contributed by atoms with Crippen LogP contribution < -0.4 is 5.32 Å². The van der Waals surface area contributed by atoms with Gasteiger partial charge in [-0.3, -0.25) is 14.3 Å². The van der Waals surface area contributed by atoms with Gasteiger partial charge in [-0.15, -0.1) is 10.2 Å². The van der Waals surface area contributed by atoms with Gasteiger partial charge in [-0.2, -0.15) is 0 Å². The molecule has 1 fully saturated rings. The number of carbonyl (C=O) groups excluding carboxylic acids is 1. The summed E-state index contributed by atoms with van der Waals surface area (Å²) in [4.78, 5) is 14.8. The van der Waals surface area contributed by atoms with Crippen molar-refractivity contribution in [2.24, 2.45) is 0 Å². The van der Waals surface area contributed by atoms with Gasteiger partial charge < -0.3 is 5.32 Å². The van der Waals surface area contributed by atoms with Crippen LogP contribution in [0.5, 0.6) is 0 Å². The van der Waals surface area contributed by atoms with E-state index in [2.05, 4.69) is 20.4 Å². The summed E-state index contributed by atoms with van der Waals surface area (Å²) in [7, 11) is 0. The summed E-state index contributed by atoms with van der Waals surface area (Å²) in [5.74, 6) is 0.286. The van der Waals surface area contributed by atoms with Crippen LogP contribution >= 0.6 is 23.4 Å². The Hall–Kier alpha value is -2.42. The van der Waals surface area contributed by atoms with Crippen molar-refractivity contribution in [1.29, 1.82) is 0 Å². The number of hydrogen-bond acceptors (Lipinski definition) is 5. The Balaban J connectivity index is 1.48. The van der Waals surface area contributed by atoms with E-state index in [4.69, 9.17) is 11.6 Å². The minimum absolute atomic E-state index is 0.127. The van der Waals surface area contributed by atoms with Crippen LogP contribution in [0.2, 0.25) is 5.02 Å². The summed E-state index contributed by atoms with van der Waals surface area (Å²) < 4.78 is 15.2. The first-order chi connectivity index (χ1) is 15.1. The quantitative estimate of drug-likeness (QED) is 0.515. The standard InChI is InChI=1S/C22H23ClFN5OS/c23-18-13-16(24)9-10-19(18)25-21(30)15-31-22-27-26-20(14-28-11-5-2-6-12-28)29(22)17-7-3-1-4-8-17/h1,3-4,7-10,13H,2,5-6,11-12,14-15H2,(H,25,30). The van der Waals surface area contributed by atoms with Crippen LogP contribution in [0.15, 0.2) is 53.7 Å². The number of benzene rings is 2. The molecule has 0 aliphatic carbocycles. The Morgan fingerprint density at radius 3 is 2.61 bits per heavy atom. The average Bonchev–Trinajstić information content (AvgIpc) is 3.18. The van der Waals surface area contributed by atoms with Crippen LogP contribution in [-0.4, -0.2) is 44.4 Å². The summed E-state index contributed by atoms with van der Waals surface area (Å²) in [6.45, 7) is 2.84. The topological polar surface area (TPSA) is 63.1 Å². The Morgan fingerprint density at radius 1 is 1.10 bits per heavy atom. The van der Waals surface area contributed by atoms with E-state index in [1.807, 2.05) is 34.9 Å². The van der Waals surface area contributed by atoms with E-state index in [1.54, 1.807) is 0 Å². The summed E-state index contributed by atoms with van der Waals surface area (Å²) in [6, 6.07) is 13.8. The van der Waals surface area contributed by atoms with Gasteiger partial charge in [0, 0.05) is 5.69 Å². The minimum atomic E-state index is -0.449. The first-order valence-corrected chi connectivity index (χ1v) is 11.6. The van der Waals surface area contributed by atoms with Crippen LogP contribution in [0.25, 0.3) is 5.69 Å². The van der Waals surface area contributed by atoms with Crippen molar-refractivity contribution in [1.82, 2.24) is 19.7 Å². The van der Waals surface area contributed by atoms with Crippen molar-refractivity contribution >= 4 is 35.0 Å². The maximum atomic E-state index is 13.2. The molecule has 0 spiro atoms. The maximum Gasteiger partial charge on any atom is 0.234 e. The van der Waals surface area contributed by atoms with Gasteiger partial charge in [0.15, 0.2) is 11.0 Å². The van der Waals surface area contributed by atoms with Crippen molar-refractivity contribution in [2.45, 2.75) is 31.0 Å². The van der Waals surface area contributed by atoms with E-state index in [0.29, 0.717) is 10.8 Å². The highest BCUT2D eigenvalue weighted by atomic mass is 35.5. The Labute approximate surface area is 189 Å². The fourth-order valence-corrected chi connectivity index (χ4v) is 4.54. The Kier molecular flexibility index (Phi) is 7.21. The van der Waals surface area contributed by atoms with Crippen molar-refractivity contribution in [3.8, 4) is 5.69 Å². The summed E-state index contributed by atoms with van der Waals surface area (Å²) in [5.41, 5.74) is 1.34. The van der Waals surface area contributed by atoms with E-state index in [0.717, 1.165) is 31.1 Å². The second-order valence-electron chi connectivity index (χ2n) is 7.37. The molecule has 9 heteroatoms. The van der Waals surface area contributed by atoms with Gasteiger partial charge in [-0.25, -0.2) is 4.39 Å². The third-order valence-electron chi connectivity index (χ3n) is 5.07. The predicted molar refractivity (Wildman–Crippen MR) is 121 cm³/mol. The van der Waals surface area contributed by atoms with E-state index in [1.165, 1.54) is 49.2 Å². The number of thioether (sulfide) groups is 1. The molecule has 1 aliphatic rings. The lowest BCUT2D eigenvalue weighted by molar-refractivity contribution is -0.113. The molecule has 0 saturated carbocycles. The number of rotatable bonds is 7. The van der Waals surface area contributed by atoms with Crippen LogP contribution in [0.4, 0.5) is 10.1 Å². The van der Waals surface area contributed by atoms with Crippen molar-refractivity contribution in [3.05, 3.63) is 65.2 Å². The molecule has 4 rings (SSSR count). The number of nitrogens with zero attached hydrogens (tertiary/aromatic N) is 4. The lowest BCUT2D eigenvalue weighted by Crippen LogP contribution is -2.30. The molecular formula is C22H23ClFN5OS. The van der Waals surface area contributed by atoms with Gasteiger partial charge in [0.25, 0.3) is 0 Å². The zero-order valence-corrected chi connectivity index (χ0v) is 18.5. The lowest BCUT2D eigenvalue weighted by Gasteiger charge is -2.26. The number of hydrogen-bond donors (Lipinski definition) is 1. The number of anilines is 1. The number of likely N-dealkylation sites (tertiary alicyclic amines) is 1. The highest BCUT2D eigenvalue weighted by Crippen LogP contribution is 2.25. The highest BCUT2D eigenvalue weighted by Gasteiger charge is 2.19. The largest absolute Gasteiger partial charge is 0.324 e. The Bertz CT molecular complexity index is 1040. The summed E-state index contributed by atoms with van der Waals surface area (Å²) in [6.07, 6.45) is 3.68. The molecular weight excluding hydrogens is 437 g/mol. The number of halogens is 2. The molecule has 162 valence electrons. The van der Waals surface area contributed by atoms with Gasteiger partial charge in [0.2, 0.25) is 5.91 Å². The third kappa shape index (κ3) is 5.64. The van der Waals surface area contributed by atoms with Crippen LogP contribution in [0.1, 0.15) is 25.1 Å². The van der Waals surface area contributed by atoms with E-state index in [-0.39, 0.29) is 16.7 Å². The number of nitrogens with one attached hydrogen (secondary N) is 1. The van der Waals surface area contributed by atoms with Gasteiger partial charge in [0.1, 0.15) is 5.82 Å². The monoisotopic (exact) mass is 459 g/mol. The van der Waals surface area contributed by atoms with Crippen molar-refractivity contribution in [2.75, 3.05) is 24.2 Å². The fraction of sp³-hybridized carbons (Fsp3) is 0.318. The van der Waals surface area contributed by atoms with Gasteiger partial charge in [-0.1, -0.05) is 48.0 Å². The molecule has 1 saturated heterocycles. The lowest BCUT2D eigenvalue weighted by atomic mass is 10.1. The van der Waals surface area contributed by atoms with Crippen molar-refractivity contribution in [3.63, 3.8) is 0 Å². The first kappa shape index (κ1) is 21.8. The molecule has 31 heavy (non-hydrogen) atoms. The average molecular weight is 460 g/mol. The Morgan fingerprint density at radius 2 is 1.87 bits per heavy atom. The molecule has 6 nitrogen and oxygen atoms in total. The molecule has 1 N–H and O–H groups in total. The molecule has 1 aliphatic heterocycles. The zero-order valence-electron chi connectivity index (χ0n) is 16.9. The molecule has 1 amide bonds. The molecule has 2 heterocycles. The van der Waals surface area contributed by atoms with Crippen LogP contribution in [0.3, 0.4) is 0 Å². The van der Waals surface area contributed by atoms with Gasteiger partial charge in [-0.05, 0) is 56.3 Å². The molecule has 1 aromatic heterocycles. The molecule has 3 aromatic rings. The highest BCUT2D eigenvalue weighted by molar-refractivity contribution is 7.99. The first-order valence-electron chi connectivity index (χ1n) is 10.2. The predicted octanol–water partition coefficient (Wildman–Crippen LogP) is 4.78. The third-order valence-corrected chi connectivity index (χ3v) is 6.31. The molecule has 0 radical (unpaired) electrons. The minimum Gasteiger partial charge on any atom is -0.324 e.